The van der Waals surface area contributed by atoms with Gasteiger partial charge in [-0.25, -0.2) is 0 Å². The van der Waals surface area contributed by atoms with Crippen molar-refractivity contribution in [3.63, 3.8) is 0 Å². The van der Waals surface area contributed by atoms with Crippen LogP contribution in [0.1, 0.15) is 35.9 Å². The third-order valence-corrected chi connectivity index (χ3v) is 3.62. The Bertz CT molecular complexity index is 626. The number of carbonyl (C=O) groups is 1. The second kappa shape index (κ2) is 6.92. The molecule has 1 N–H and O–H groups in total. The minimum absolute atomic E-state index is 0.115. The lowest BCUT2D eigenvalue weighted by Gasteiger charge is -2.23. The van der Waals surface area contributed by atoms with Crippen molar-refractivity contribution in [1.29, 1.82) is 0 Å². The first-order valence-corrected chi connectivity index (χ1v) is 7.41. The Morgan fingerprint density at radius 1 is 1.10 bits per heavy atom. The van der Waals surface area contributed by atoms with Gasteiger partial charge in [0.25, 0.3) is 5.91 Å². The largest absolute Gasteiger partial charge is 0.344 e. The Morgan fingerprint density at radius 3 is 2.33 bits per heavy atom. The molecule has 110 valence electrons. The van der Waals surface area contributed by atoms with Crippen molar-refractivity contribution < 1.29 is 4.79 Å². The Hall–Kier alpha value is -1.58. The standard InChI is InChI=1S/C16H16Cl2N2O/c1-10(2)15(11-3-5-12(17)6-4-11)20-16(21)14-9-13(18)7-8-19-14/h3-10,15H,1-2H3,(H,20,21). The monoisotopic (exact) mass is 322 g/mol. The van der Waals surface area contributed by atoms with Crippen molar-refractivity contribution in [1.82, 2.24) is 10.3 Å². The van der Waals surface area contributed by atoms with E-state index >= 15 is 0 Å². The van der Waals surface area contributed by atoms with Crippen LogP contribution in [0.5, 0.6) is 0 Å². The molecule has 1 heterocycles. The lowest BCUT2D eigenvalue weighted by molar-refractivity contribution is 0.0920. The number of aromatic nitrogens is 1. The van der Waals surface area contributed by atoms with E-state index in [4.69, 9.17) is 23.2 Å². The second-order valence-electron chi connectivity index (χ2n) is 5.11. The van der Waals surface area contributed by atoms with Gasteiger partial charge in [0.1, 0.15) is 5.69 Å². The lowest BCUT2D eigenvalue weighted by atomic mass is 9.96. The number of carbonyl (C=O) groups excluding carboxylic acids is 1. The summed E-state index contributed by atoms with van der Waals surface area (Å²) in [6.45, 7) is 4.09. The average molecular weight is 323 g/mol. The third kappa shape index (κ3) is 4.19. The van der Waals surface area contributed by atoms with E-state index in [9.17, 15) is 4.79 Å². The number of nitrogens with one attached hydrogen (secondary N) is 1. The smallest absolute Gasteiger partial charge is 0.270 e. The van der Waals surface area contributed by atoms with Crippen LogP contribution in [0.3, 0.4) is 0 Å². The number of benzene rings is 1. The topological polar surface area (TPSA) is 42.0 Å². The van der Waals surface area contributed by atoms with Crippen molar-refractivity contribution >= 4 is 29.1 Å². The Morgan fingerprint density at radius 2 is 1.76 bits per heavy atom. The highest BCUT2D eigenvalue weighted by Gasteiger charge is 2.19. The van der Waals surface area contributed by atoms with E-state index in [0.29, 0.717) is 15.7 Å². The molecule has 0 saturated heterocycles. The SMILES string of the molecule is CC(C)C(NC(=O)c1cc(Cl)ccn1)c1ccc(Cl)cc1. The molecule has 0 aliphatic heterocycles. The molecule has 21 heavy (non-hydrogen) atoms. The van der Waals surface area contributed by atoms with Crippen molar-refractivity contribution in [3.05, 3.63) is 63.9 Å². The molecule has 0 spiro atoms. The summed E-state index contributed by atoms with van der Waals surface area (Å²) in [7, 11) is 0. The average Bonchev–Trinajstić information content (AvgIpc) is 2.45. The molecule has 0 bridgehead atoms. The molecule has 0 fully saturated rings. The Kier molecular flexibility index (Phi) is 5.21. The Labute approximate surface area is 134 Å². The first-order valence-electron chi connectivity index (χ1n) is 6.65. The van der Waals surface area contributed by atoms with Crippen molar-refractivity contribution in [2.45, 2.75) is 19.9 Å². The van der Waals surface area contributed by atoms with Gasteiger partial charge >= 0.3 is 0 Å². The molecule has 2 aromatic rings. The van der Waals surface area contributed by atoms with E-state index in [2.05, 4.69) is 10.3 Å². The molecule has 1 atom stereocenters. The maximum absolute atomic E-state index is 12.3. The number of amides is 1. The predicted octanol–water partition coefficient (Wildman–Crippen LogP) is 4.52. The molecule has 0 saturated carbocycles. The Balaban J connectivity index is 2.20. The van der Waals surface area contributed by atoms with E-state index in [-0.39, 0.29) is 17.9 Å². The summed E-state index contributed by atoms with van der Waals surface area (Å²) in [4.78, 5) is 16.3. The van der Waals surface area contributed by atoms with Gasteiger partial charge in [-0.2, -0.15) is 0 Å². The van der Waals surface area contributed by atoms with Gasteiger partial charge < -0.3 is 5.32 Å². The van der Waals surface area contributed by atoms with Gasteiger partial charge in [0.2, 0.25) is 0 Å². The van der Waals surface area contributed by atoms with Crippen molar-refractivity contribution in [2.75, 3.05) is 0 Å². The van der Waals surface area contributed by atoms with E-state index in [1.807, 2.05) is 38.1 Å². The maximum atomic E-state index is 12.3. The molecule has 2 rings (SSSR count). The van der Waals surface area contributed by atoms with Gasteiger partial charge in [-0.1, -0.05) is 49.2 Å². The summed E-state index contributed by atoms with van der Waals surface area (Å²) in [5.74, 6) is -0.0135. The quantitative estimate of drug-likeness (QED) is 0.899. The highest BCUT2D eigenvalue weighted by atomic mass is 35.5. The van der Waals surface area contributed by atoms with Gasteiger partial charge in [0, 0.05) is 16.2 Å². The first-order chi connectivity index (χ1) is 9.97. The first kappa shape index (κ1) is 15.8. The molecular formula is C16H16Cl2N2O. The van der Waals surface area contributed by atoms with Crippen LogP contribution in [0.4, 0.5) is 0 Å². The summed E-state index contributed by atoms with van der Waals surface area (Å²) in [6.07, 6.45) is 1.52. The maximum Gasteiger partial charge on any atom is 0.270 e. The number of hydrogen-bond acceptors (Lipinski definition) is 2. The molecule has 0 aliphatic rings. The highest BCUT2D eigenvalue weighted by Crippen LogP contribution is 2.23. The van der Waals surface area contributed by atoms with E-state index in [0.717, 1.165) is 5.56 Å². The van der Waals surface area contributed by atoms with E-state index in [1.54, 1.807) is 12.1 Å². The third-order valence-electron chi connectivity index (χ3n) is 3.14. The molecule has 0 radical (unpaired) electrons. The van der Waals surface area contributed by atoms with Gasteiger partial charge in [0.05, 0.1) is 6.04 Å². The summed E-state index contributed by atoms with van der Waals surface area (Å²) in [5, 5.41) is 4.15. The van der Waals surface area contributed by atoms with Crippen LogP contribution in [-0.4, -0.2) is 10.9 Å². The lowest BCUT2D eigenvalue weighted by Crippen LogP contribution is -2.32. The van der Waals surface area contributed by atoms with Crippen LogP contribution >= 0.6 is 23.2 Å². The number of halogens is 2. The van der Waals surface area contributed by atoms with Crippen molar-refractivity contribution in [2.24, 2.45) is 5.92 Å². The normalized spacial score (nSPS) is 12.2. The summed E-state index contributed by atoms with van der Waals surface area (Å²) in [6, 6.07) is 10.5. The molecular weight excluding hydrogens is 307 g/mol. The number of hydrogen-bond donors (Lipinski definition) is 1. The zero-order valence-corrected chi connectivity index (χ0v) is 13.3. The summed E-state index contributed by atoms with van der Waals surface area (Å²) < 4.78 is 0. The minimum atomic E-state index is -0.244. The molecule has 0 aliphatic carbocycles. The molecule has 1 aromatic carbocycles. The van der Waals surface area contributed by atoms with E-state index < -0.39 is 0 Å². The van der Waals surface area contributed by atoms with Crippen LogP contribution in [-0.2, 0) is 0 Å². The molecule has 3 nitrogen and oxygen atoms in total. The zero-order chi connectivity index (χ0) is 15.4. The highest BCUT2D eigenvalue weighted by molar-refractivity contribution is 6.31. The predicted molar refractivity (Wildman–Crippen MR) is 85.7 cm³/mol. The minimum Gasteiger partial charge on any atom is -0.344 e. The van der Waals surface area contributed by atoms with Crippen LogP contribution in [0, 0.1) is 5.92 Å². The van der Waals surface area contributed by atoms with Crippen LogP contribution in [0.2, 0.25) is 10.0 Å². The molecule has 1 amide bonds. The van der Waals surface area contributed by atoms with Crippen LogP contribution in [0.15, 0.2) is 42.6 Å². The number of pyridine rings is 1. The molecule has 1 aromatic heterocycles. The van der Waals surface area contributed by atoms with Crippen LogP contribution in [0.25, 0.3) is 0 Å². The fourth-order valence-electron chi connectivity index (χ4n) is 2.05. The van der Waals surface area contributed by atoms with Crippen LogP contribution < -0.4 is 5.32 Å². The van der Waals surface area contributed by atoms with Gasteiger partial charge in [-0.05, 0) is 35.7 Å². The fourth-order valence-corrected chi connectivity index (χ4v) is 2.33. The second-order valence-corrected chi connectivity index (χ2v) is 5.98. The van der Waals surface area contributed by atoms with Gasteiger partial charge in [-0.15, -0.1) is 0 Å². The molecule has 5 heteroatoms. The van der Waals surface area contributed by atoms with Gasteiger partial charge in [-0.3, -0.25) is 9.78 Å². The van der Waals surface area contributed by atoms with Gasteiger partial charge in [0.15, 0.2) is 0 Å². The summed E-state index contributed by atoms with van der Waals surface area (Å²) >= 11 is 11.8. The van der Waals surface area contributed by atoms with E-state index in [1.165, 1.54) is 6.20 Å². The number of rotatable bonds is 4. The number of nitrogens with zero attached hydrogens (tertiary/aromatic N) is 1. The summed E-state index contributed by atoms with van der Waals surface area (Å²) in [5.41, 5.74) is 1.31. The zero-order valence-electron chi connectivity index (χ0n) is 11.8. The molecule has 1 unspecified atom stereocenters. The fraction of sp³-hybridized carbons (Fsp3) is 0.250. The van der Waals surface area contributed by atoms with Crippen molar-refractivity contribution in [3.8, 4) is 0 Å².